The van der Waals surface area contributed by atoms with Crippen molar-refractivity contribution in [1.29, 1.82) is 0 Å². The fourth-order valence-electron chi connectivity index (χ4n) is 2.43. The summed E-state index contributed by atoms with van der Waals surface area (Å²) in [6.45, 7) is 1.45. The molecule has 0 aliphatic heterocycles. The number of carbonyl (C=O) groups excluding carboxylic acids is 1. The number of benzene rings is 2. The van der Waals surface area contributed by atoms with Crippen LogP contribution in [0.4, 0.5) is 0 Å². The minimum absolute atomic E-state index is 0.0245. The van der Waals surface area contributed by atoms with E-state index >= 15 is 0 Å². The first kappa shape index (κ1) is 18.6. The zero-order chi connectivity index (χ0) is 17.5. The van der Waals surface area contributed by atoms with Gasteiger partial charge in [0.1, 0.15) is 12.3 Å². The van der Waals surface area contributed by atoms with Crippen molar-refractivity contribution in [2.45, 2.75) is 13.1 Å². The molecular weight excluding hydrogens is 347 g/mol. The summed E-state index contributed by atoms with van der Waals surface area (Å²) in [5, 5.41) is 4.15. The first-order chi connectivity index (χ1) is 11.5. The Bertz CT molecular complexity index is 707. The first-order valence-corrected chi connectivity index (χ1v) is 8.39. The van der Waals surface area contributed by atoms with Crippen molar-refractivity contribution in [2.75, 3.05) is 20.7 Å². The van der Waals surface area contributed by atoms with Gasteiger partial charge in [-0.05, 0) is 18.2 Å². The van der Waals surface area contributed by atoms with E-state index in [1.807, 2.05) is 37.4 Å². The van der Waals surface area contributed by atoms with Crippen molar-refractivity contribution >= 4 is 29.1 Å². The molecule has 6 heteroatoms. The largest absolute Gasteiger partial charge is 0.496 e. The van der Waals surface area contributed by atoms with E-state index in [1.165, 1.54) is 0 Å². The van der Waals surface area contributed by atoms with E-state index in [4.69, 9.17) is 27.9 Å². The Hall–Kier alpha value is -1.75. The van der Waals surface area contributed by atoms with Gasteiger partial charge in [-0.25, -0.2) is 0 Å². The van der Waals surface area contributed by atoms with E-state index in [0.717, 1.165) is 21.8 Å². The van der Waals surface area contributed by atoms with Crippen molar-refractivity contribution < 1.29 is 14.4 Å². The number of methoxy groups -OCH3 is 1. The van der Waals surface area contributed by atoms with Gasteiger partial charge in [0.05, 0.1) is 19.2 Å². The number of amides is 1. The lowest BCUT2D eigenvalue weighted by atomic mass is 10.2. The van der Waals surface area contributed by atoms with Gasteiger partial charge in [-0.15, -0.1) is 0 Å². The van der Waals surface area contributed by atoms with Crippen LogP contribution in [-0.4, -0.2) is 26.6 Å². The average molecular weight is 368 g/mol. The highest BCUT2D eigenvalue weighted by Crippen LogP contribution is 2.20. The number of likely N-dealkylation sites (N-methyl/N-ethyl adjacent to an activating group) is 1. The van der Waals surface area contributed by atoms with Gasteiger partial charge in [-0.1, -0.05) is 47.5 Å². The summed E-state index contributed by atoms with van der Waals surface area (Å²) in [6.07, 6.45) is 0. The van der Waals surface area contributed by atoms with Crippen LogP contribution in [0.2, 0.25) is 10.0 Å². The quantitative estimate of drug-likeness (QED) is 0.788. The minimum Gasteiger partial charge on any atom is -0.496 e. The molecule has 1 amide bonds. The second kappa shape index (κ2) is 8.92. The summed E-state index contributed by atoms with van der Waals surface area (Å²) in [7, 11) is 3.57. The number of ether oxygens (including phenoxy) is 1. The van der Waals surface area contributed by atoms with Crippen LogP contribution in [0.15, 0.2) is 42.5 Å². The molecule has 2 aromatic rings. The summed E-state index contributed by atoms with van der Waals surface area (Å²) in [5.74, 6) is 0.745. The highest BCUT2D eigenvalue weighted by Gasteiger charge is 2.13. The van der Waals surface area contributed by atoms with Crippen molar-refractivity contribution in [2.24, 2.45) is 0 Å². The predicted octanol–water partition coefficient (Wildman–Crippen LogP) is 2.33. The van der Waals surface area contributed by atoms with Crippen LogP contribution in [-0.2, 0) is 17.9 Å². The summed E-state index contributed by atoms with van der Waals surface area (Å²) in [6, 6.07) is 13.0. The monoisotopic (exact) mass is 367 g/mol. The third kappa shape index (κ3) is 5.41. The number of hydrogen-bond acceptors (Lipinski definition) is 2. The molecule has 0 aliphatic rings. The number of rotatable bonds is 7. The maximum Gasteiger partial charge on any atom is 0.275 e. The molecule has 0 heterocycles. The third-order valence-electron chi connectivity index (χ3n) is 3.64. The van der Waals surface area contributed by atoms with E-state index in [2.05, 4.69) is 5.32 Å². The second-order valence-corrected chi connectivity index (χ2v) is 6.48. The molecule has 0 fully saturated rings. The van der Waals surface area contributed by atoms with Crippen LogP contribution in [0, 0.1) is 0 Å². The third-order valence-corrected chi connectivity index (χ3v) is 4.23. The molecule has 2 N–H and O–H groups in total. The zero-order valence-electron chi connectivity index (χ0n) is 13.7. The molecule has 0 saturated heterocycles. The Balaban J connectivity index is 1.85. The van der Waals surface area contributed by atoms with Crippen molar-refractivity contribution in [3.05, 3.63) is 63.6 Å². The van der Waals surface area contributed by atoms with Crippen LogP contribution in [0.5, 0.6) is 5.75 Å². The van der Waals surface area contributed by atoms with Crippen LogP contribution in [0.25, 0.3) is 0 Å². The Morgan fingerprint density at radius 3 is 2.62 bits per heavy atom. The summed E-state index contributed by atoms with van der Waals surface area (Å²) < 4.78 is 5.28. The first-order valence-electron chi connectivity index (χ1n) is 7.63. The van der Waals surface area contributed by atoms with Gasteiger partial charge >= 0.3 is 0 Å². The topological polar surface area (TPSA) is 42.8 Å². The lowest BCUT2D eigenvalue weighted by molar-refractivity contribution is -0.885. The van der Waals surface area contributed by atoms with E-state index < -0.39 is 0 Å². The molecule has 0 saturated carbocycles. The lowest BCUT2D eigenvalue weighted by Gasteiger charge is -2.15. The molecule has 0 radical (unpaired) electrons. The van der Waals surface area contributed by atoms with E-state index in [-0.39, 0.29) is 5.91 Å². The van der Waals surface area contributed by atoms with Crippen molar-refractivity contribution in [3.63, 3.8) is 0 Å². The molecule has 1 atom stereocenters. The van der Waals surface area contributed by atoms with Crippen molar-refractivity contribution in [1.82, 2.24) is 5.32 Å². The average Bonchev–Trinajstić information content (AvgIpc) is 2.55. The van der Waals surface area contributed by atoms with Gasteiger partial charge in [0, 0.05) is 22.7 Å². The van der Waals surface area contributed by atoms with Gasteiger partial charge in [-0.2, -0.15) is 0 Å². The standard InChI is InChI=1S/C18H20Cl2N2O2/c1-22(11-14-7-8-15(19)9-16(14)20)12-18(23)21-10-13-5-3-4-6-17(13)24-2/h3-9H,10-12H2,1-2H3,(H,21,23)/p+1. The van der Waals surface area contributed by atoms with Gasteiger partial charge in [0.25, 0.3) is 5.91 Å². The number of quaternary nitrogens is 1. The molecule has 4 nitrogen and oxygen atoms in total. The maximum absolute atomic E-state index is 12.1. The Kier molecular flexibility index (Phi) is 6.91. The summed E-state index contributed by atoms with van der Waals surface area (Å²) >= 11 is 12.1. The number of nitrogens with one attached hydrogen (secondary N) is 2. The fraction of sp³-hybridized carbons (Fsp3) is 0.278. The molecule has 24 heavy (non-hydrogen) atoms. The van der Waals surface area contributed by atoms with Crippen molar-refractivity contribution in [3.8, 4) is 5.75 Å². The Morgan fingerprint density at radius 2 is 1.92 bits per heavy atom. The van der Waals surface area contributed by atoms with Crippen LogP contribution in [0.3, 0.4) is 0 Å². The Labute approximate surface area is 152 Å². The number of para-hydroxylation sites is 1. The SMILES string of the molecule is COc1ccccc1CNC(=O)C[NH+](C)Cc1ccc(Cl)cc1Cl. The maximum atomic E-state index is 12.1. The van der Waals surface area contributed by atoms with Crippen LogP contribution in [0.1, 0.15) is 11.1 Å². The normalized spacial score (nSPS) is 11.8. The van der Waals surface area contributed by atoms with Gasteiger partial charge in [0.15, 0.2) is 6.54 Å². The molecule has 2 rings (SSSR count). The molecule has 0 aromatic heterocycles. The van der Waals surface area contributed by atoms with Gasteiger partial charge in [0.2, 0.25) is 0 Å². The van der Waals surface area contributed by atoms with Crippen LogP contribution < -0.4 is 15.0 Å². The predicted molar refractivity (Wildman–Crippen MR) is 96.8 cm³/mol. The smallest absolute Gasteiger partial charge is 0.275 e. The second-order valence-electron chi connectivity index (χ2n) is 5.63. The molecule has 0 spiro atoms. The summed E-state index contributed by atoms with van der Waals surface area (Å²) in [4.78, 5) is 13.2. The number of hydrogen-bond donors (Lipinski definition) is 2. The minimum atomic E-state index is -0.0245. The molecule has 128 valence electrons. The highest BCUT2D eigenvalue weighted by atomic mass is 35.5. The molecule has 2 aromatic carbocycles. The zero-order valence-corrected chi connectivity index (χ0v) is 15.2. The van der Waals surface area contributed by atoms with E-state index in [1.54, 1.807) is 19.2 Å². The molecule has 0 aliphatic carbocycles. The van der Waals surface area contributed by atoms with Gasteiger partial charge in [-0.3, -0.25) is 4.79 Å². The number of halogens is 2. The molecular formula is C18H21Cl2N2O2+. The highest BCUT2D eigenvalue weighted by molar-refractivity contribution is 6.35. The summed E-state index contributed by atoms with van der Waals surface area (Å²) in [5.41, 5.74) is 1.92. The molecule has 0 bridgehead atoms. The van der Waals surface area contributed by atoms with E-state index in [0.29, 0.717) is 29.7 Å². The lowest BCUT2D eigenvalue weighted by Crippen LogP contribution is -3.08. The number of carbonyl (C=O) groups is 1. The fourth-order valence-corrected chi connectivity index (χ4v) is 2.91. The molecule has 1 unspecified atom stereocenters. The van der Waals surface area contributed by atoms with Gasteiger partial charge < -0.3 is 15.0 Å². The Morgan fingerprint density at radius 1 is 1.17 bits per heavy atom. The van der Waals surface area contributed by atoms with Crippen LogP contribution >= 0.6 is 23.2 Å². The van der Waals surface area contributed by atoms with E-state index in [9.17, 15) is 4.79 Å².